The molecule has 1 saturated heterocycles. The molecule has 1 aliphatic heterocycles. The van der Waals surface area contributed by atoms with E-state index in [1.54, 1.807) is 31.2 Å². The van der Waals surface area contributed by atoms with Gasteiger partial charge in [-0.25, -0.2) is 4.79 Å². The van der Waals surface area contributed by atoms with E-state index in [0.717, 1.165) is 0 Å². The van der Waals surface area contributed by atoms with E-state index >= 15 is 0 Å². The summed E-state index contributed by atoms with van der Waals surface area (Å²) in [5, 5.41) is 13.1. The standard InChI is InChI=1S/C10H13N3O4/c1-12-4-6(3-11-12)8-9(10(15)16)17-5-7(14)13(8)2/h3-4,8-9H,5H2,1-2H3,(H,15,16)/t8-,9-/m0/s1. The van der Waals surface area contributed by atoms with Gasteiger partial charge in [-0.3, -0.25) is 9.48 Å². The summed E-state index contributed by atoms with van der Waals surface area (Å²) in [4.78, 5) is 24.0. The van der Waals surface area contributed by atoms with Crippen LogP contribution in [-0.2, 0) is 21.4 Å². The van der Waals surface area contributed by atoms with Crippen LogP contribution in [0.1, 0.15) is 11.6 Å². The minimum atomic E-state index is -1.08. The summed E-state index contributed by atoms with van der Waals surface area (Å²) >= 11 is 0. The summed E-state index contributed by atoms with van der Waals surface area (Å²) in [7, 11) is 3.29. The van der Waals surface area contributed by atoms with Crippen molar-refractivity contribution in [1.29, 1.82) is 0 Å². The number of aryl methyl sites for hydroxylation is 1. The Morgan fingerprint density at radius 3 is 2.82 bits per heavy atom. The molecule has 1 aromatic heterocycles. The van der Waals surface area contributed by atoms with E-state index in [1.165, 1.54) is 4.90 Å². The average Bonchev–Trinajstić information content (AvgIpc) is 2.68. The first-order valence-electron chi connectivity index (χ1n) is 5.09. The zero-order chi connectivity index (χ0) is 12.6. The Labute approximate surface area is 97.6 Å². The van der Waals surface area contributed by atoms with E-state index in [4.69, 9.17) is 9.84 Å². The second-order valence-electron chi connectivity index (χ2n) is 3.97. The molecule has 7 heteroatoms. The van der Waals surface area contributed by atoms with Gasteiger partial charge < -0.3 is 14.7 Å². The highest BCUT2D eigenvalue weighted by Crippen LogP contribution is 2.28. The molecule has 7 nitrogen and oxygen atoms in total. The first-order chi connectivity index (χ1) is 8.00. The number of aromatic nitrogens is 2. The first-order valence-corrected chi connectivity index (χ1v) is 5.09. The number of morpholine rings is 1. The van der Waals surface area contributed by atoms with Gasteiger partial charge in [0.05, 0.1) is 12.2 Å². The van der Waals surface area contributed by atoms with Gasteiger partial charge in [-0.2, -0.15) is 5.10 Å². The summed E-state index contributed by atoms with van der Waals surface area (Å²) in [6.45, 7) is -0.204. The van der Waals surface area contributed by atoms with Gasteiger partial charge in [-0.1, -0.05) is 0 Å². The molecule has 1 N–H and O–H groups in total. The van der Waals surface area contributed by atoms with E-state index in [1.807, 2.05) is 0 Å². The van der Waals surface area contributed by atoms with Crippen molar-refractivity contribution in [2.45, 2.75) is 12.1 Å². The second-order valence-corrected chi connectivity index (χ2v) is 3.97. The molecule has 0 bridgehead atoms. The van der Waals surface area contributed by atoms with Crippen LogP contribution < -0.4 is 0 Å². The van der Waals surface area contributed by atoms with Gasteiger partial charge in [0.25, 0.3) is 0 Å². The summed E-state index contributed by atoms with van der Waals surface area (Å²) < 4.78 is 6.63. The third-order valence-electron chi connectivity index (χ3n) is 2.79. The van der Waals surface area contributed by atoms with E-state index in [0.29, 0.717) is 5.56 Å². The summed E-state index contributed by atoms with van der Waals surface area (Å²) in [5.74, 6) is -1.32. The van der Waals surface area contributed by atoms with Crippen molar-refractivity contribution in [3.8, 4) is 0 Å². The fourth-order valence-electron chi connectivity index (χ4n) is 1.91. The molecule has 1 aromatic rings. The topological polar surface area (TPSA) is 84.7 Å². The van der Waals surface area contributed by atoms with Crippen molar-refractivity contribution in [2.24, 2.45) is 7.05 Å². The van der Waals surface area contributed by atoms with E-state index in [9.17, 15) is 9.59 Å². The van der Waals surface area contributed by atoms with Gasteiger partial charge >= 0.3 is 5.97 Å². The molecule has 0 aromatic carbocycles. The molecule has 17 heavy (non-hydrogen) atoms. The van der Waals surface area contributed by atoms with Crippen molar-refractivity contribution in [3.63, 3.8) is 0 Å². The molecule has 1 fully saturated rings. The highest BCUT2D eigenvalue weighted by molar-refractivity contribution is 5.82. The van der Waals surface area contributed by atoms with Crippen LogP contribution in [0.25, 0.3) is 0 Å². The van der Waals surface area contributed by atoms with Crippen LogP contribution in [0, 0.1) is 0 Å². The van der Waals surface area contributed by atoms with E-state index < -0.39 is 18.1 Å². The van der Waals surface area contributed by atoms with Gasteiger partial charge in [0.1, 0.15) is 6.61 Å². The Morgan fingerprint density at radius 1 is 1.59 bits per heavy atom. The van der Waals surface area contributed by atoms with Crippen molar-refractivity contribution in [2.75, 3.05) is 13.7 Å². The maximum atomic E-state index is 11.5. The lowest BCUT2D eigenvalue weighted by Gasteiger charge is -2.36. The first kappa shape index (κ1) is 11.6. The van der Waals surface area contributed by atoms with Gasteiger partial charge in [0, 0.05) is 25.9 Å². The molecular weight excluding hydrogens is 226 g/mol. The van der Waals surface area contributed by atoms with Gasteiger partial charge in [0.2, 0.25) is 5.91 Å². The lowest BCUT2D eigenvalue weighted by atomic mass is 10.0. The zero-order valence-electron chi connectivity index (χ0n) is 9.53. The van der Waals surface area contributed by atoms with Crippen LogP contribution in [0.4, 0.5) is 0 Å². The van der Waals surface area contributed by atoms with Crippen molar-refractivity contribution in [3.05, 3.63) is 18.0 Å². The number of carboxylic acids is 1. The van der Waals surface area contributed by atoms with Crippen LogP contribution in [-0.4, -0.2) is 51.4 Å². The summed E-state index contributed by atoms with van der Waals surface area (Å²) in [6, 6.07) is -0.637. The summed E-state index contributed by atoms with van der Waals surface area (Å²) in [6.07, 6.45) is 2.17. The van der Waals surface area contributed by atoms with Crippen LogP contribution in [0.2, 0.25) is 0 Å². The number of ether oxygens (including phenoxy) is 1. The highest BCUT2D eigenvalue weighted by Gasteiger charge is 2.40. The van der Waals surface area contributed by atoms with Crippen LogP contribution in [0.15, 0.2) is 12.4 Å². The van der Waals surface area contributed by atoms with Gasteiger partial charge in [-0.05, 0) is 0 Å². The smallest absolute Gasteiger partial charge is 0.335 e. The highest BCUT2D eigenvalue weighted by atomic mass is 16.5. The Morgan fingerprint density at radius 2 is 2.29 bits per heavy atom. The maximum Gasteiger partial charge on any atom is 0.335 e. The number of rotatable bonds is 2. The zero-order valence-corrected chi connectivity index (χ0v) is 9.53. The number of carboxylic acid groups (broad SMARTS) is 1. The number of aliphatic carboxylic acids is 1. The molecule has 0 aliphatic carbocycles. The molecule has 1 amide bonds. The molecule has 2 heterocycles. The van der Waals surface area contributed by atoms with Gasteiger partial charge in [-0.15, -0.1) is 0 Å². The third-order valence-corrected chi connectivity index (χ3v) is 2.79. The number of carbonyl (C=O) groups excluding carboxylic acids is 1. The van der Waals surface area contributed by atoms with Crippen molar-refractivity contribution >= 4 is 11.9 Å². The number of carbonyl (C=O) groups is 2. The quantitative estimate of drug-likeness (QED) is 0.745. The van der Waals surface area contributed by atoms with Crippen LogP contribution >= 0.6 is 0 Å². The number of nitrogens with zero attached hydrogens (tertiary/aromatic N) is 3. The molecule has 92 valence electrons. The molecule has 0 spiro atoms. The molecule has 2 rings (SSSR count). The Hall–Kier alpha value is -1.89. The maximum absolute atomic E-state index is 11.5. The molecule has 0 radical (unpaired) electrons. The fourth-order valence-corrected chi connectivity index (χ4v) is 1.91. The number of hydrogen-bond donors (Lipinski definition) is 1. The lowest BCUT2D eigenvalue weighted by Crippen LogP contribution is -2.49. The van der Waals surface area contributed by atoms with E-state index in [2.05, 4.69) is 5.10 Å². The Kier molecular flexibility index (Phi) is 2.84. The predicted molar refractivity (Wildman–Crippen MR) is 56.1 cm³/mol. The van der Waals surface area contributed by atoms with Crippen molar-refractivity contribution < 1.29 is 19.4 Å². The largest absolute Gasteiger partial charge is 0.479 e. The van der Waals surface area contributed by atoms with Crippen molar-refractivity contribution in [1.82, 2.24) is 14.7 Å². The minimum Gasteiger partial charge on any atom is -0.479 e. The second kappa shape index (κ2) is 4.17. The summed E-state index contributed by atoms with van der Waals surface area (Å²) in [5.41, 5.74) is 0.649. The molecule has 0 saturated carbocycles. The SMILES string of the molecule is CN1C(=O)CO[C@H](C(=O)O)[C@@H]1c1cnn(C)c1. The van der Waals surface area contributed by atoms with Crippen LogP contribution in [0.5, 0.6) is 0 Å². The predicted octanol–water partition coefficient (Wildman–Crippen LogP) is -0.597. The normalized spacial score (nSPS) is 25.1. The van der Waals surface area contributed by atoms with Crippen LogP contribution in [0.3, 0.4) is 0 Å². The number of likely N-dealkylation sites (N-methyl/N-ethyl adjacent to an activating group) is 1. The van der Waals surface area contributed by atoms with E-state index in [-0.39, 0.29) is 12.5 Å². The monoisotopic (exact) mass is 239 g/mol. The molecule has 1 aliphatic rings. The molecular formula is C10H13N3O4. The number of amides is 1. The Bertz CT molecular complexity index is 456. The third kappa shape index (κ3) is 2.01. The van der Waals surface area contributed by atoms with Gasteiger partial charge in [0.15, 0.2) is 6.10 Å². The molecule has 2 atom stereocenters. The fraction of sp³-hybridized carbons (Fsp3) is 0.500. The average molecular weight is 239 g/mol. The number of hydrogen-bond acceptors (Lipinski definition) is 4. The Balaban J connectivity index is 2.36. The molecule has 0 unspecified atom stereocenters. The minimum absolute atomic E-state index is 0.204. The lowest BCUT2D eigenvalue weighted by molar-refractivity contribution is -0.171.